The van der Waals surface area contributed by atoms with Crippen LogP contribution in [0.5, 0.6) is 0 Å². The van der Waals surface area contributed by atoms with E-state index >= 15 is 0 Å². The Kier molecular flexibility index (Phi) is 5.07. The Bertz CT molecular complexity index is 955. The van der Waals surface area contributed by atoms with Crippen LogP contribution >= 0.6 is 11.8 Å². The van der Waals surface area contributed by atoms with Gasteiger partial charge >= 0.3 is 0 Å². The lowest BCUT2D eigenvalue weighted by Crippen LogP contribution is -1.90. The van der Waals surface area contributed by atoms with Crippen LogP contribution in [0.3, 0.4) is 0 Å². The van der Waals surface area contributed by atoms with Crippen molar-refractivity contribution in [3.63, 3.8) is 0 Å². The molecule has 2 aromatic carbocycles. The standard InChI is InChI=1S/C21H19N3O2S/c1-3-17-22-20(26-24-17)14(2)27-21-23-18(15-10-6-4-7-11-15)19(25-21)16-12-8-5-9-13-16/h4-14H,3H2,1-2H3/t14-/m0/s1. The molecule has 27 heavy (non-hydrogen) atoms. The number of nitrogens with zero attached hydrogens (tertiary/aromatic N) is 3. The average Bonchev–Trinajstić information content (AvgIpc) is 3.36. The van der Waals surface area contributed by atoms with Gasteiger partial charge in [-0.05, 0) is 6.92 Å². The van der Waals surface area contributed by atoms with E-state index in [4.69, 9.17) is 13.9 Å². The minimum Gasteiger partial charge on any atom is -0.431 e. The van der Waals surface area contributed by atoms with E-state index < -0.39 is 0 Å². The van der Waals surface area contributed by atoms with Gasteiger partial charge in [0.25, 0.3) is 5.22 Å². The van der Waals surface area contributed by atoms with E-state index in [1.807, 2.05) is 74.5 Å². The molecule has 6 heteroatoms. The second-order valence-electron chi connectivity index (χ2n) is 6.05. The molecule has 0 fully saturated rings. The Balaban J connectivity index is 1.69. The van der Waals surface area contributed by atoms with Gasteiger partial charge in [-0.25, -0.2) is 4.98 Å². The zero-order chi connectivity index (χ0) is 18.6. The normalized spacial score (nSPS) is 12.2. The van der Waals surface area contributed by atoms with Gasteiger partial charge in [-0.15, -0.1) is 0 Å². The van der Waals surface area contributed by atoms with Crippen molar-refractivity contribution in [3.05, 3.63) is 72.4 Å². The fourth-order valence-electron chi connectivity index (χ4n) is 2.71. The van der Waals surface area contributed by atoms with Crippen LogP contribution in [0.25, 0.3) is 22.6 Å². The summed E-state index contributed by atoms with van der Waals surface area (Å²) in [5, 5.41) is 4.49. The van der Waals surface area contributed by atoms with E-state index in [9.17, 15) is 0 Å². The number of rotatable bonds is 6. The first-order chi connectivity index (χ1) is 13.2. The molecule has 5 nitrogen and oxygen atoms in total. The molecule has 0 N–H and O–H groups in total. The summed E-state index contributed by atoms with van der Waals surface area (Å²) in [4.78, 5) is 9.16. The van der Waals surface area contributed by atoms with Gasteiger partial charge in [0.2, 0.25) is 5.89 Å². The van der Waals surface area contributed by atoms with Crippen molar-refractivity contribution < 1.29 is 8.94 Å². The lowest BCUT2D eigenvalue weighted by Gasteiger charge is -2.01. The molecular formula is C21H19N3O2S. The van der Waals surface area contributed by atoms with E-state index in [2.05, 4.69) is 10.1 Å². The fraction of sp³-hybridized carbons (Fsp3) is 0.190. The van der Waals surface area contributed by atoms with Crippen LogP contribution in [-0.4, -0.2) is 15.1 Å². The molecule has 4 aromatic rings. The number of aromatic nitrogens is 3. The van der Waals surface area contributed by atoms with Gasteiger partial charge in [0.05, 0.1) is 5.25 Å². The molecule has 0 aliphatic rings. The van der Waals surface area contributed by atoms with Crippen molar-refractivity contribution in [3.8, 4) is 22.6 Å². The molecule has 0 saturated carbocycles. The quantitative estimate of drug-likeness (QED) is 0.395. The highest BCUT2D eigenvalue weighted by atomic mass is 32.2. The van der Waals surface area contributed by atoms with Crippen LogP contribution in [0.15, 0.2) is 74.8 Å². The number of oxazole rings is 1. The highest BCUT2D eigenvalue weighted by Gasteiger charge is 2.22. The second-order valence-corrected chi connectivity index (χ2v) is 7.34. The number of hydrogen-bond acceptors (Lipinski definition) is 6. The van der Waals surface area contributed by atoms with Crippen LogP contribution in [0, 0.1) is 0 Å². The first-order valence-corrected chi connectivity index (χ1v) is 9.73. The maximum absolute atomic E-state index is 6.14. The molecule has 0 radical (unpaired) electrons. The van der Waals surface area contributed by atoms with Crippen molar-refractivity contribution in [2.24, 2.45) is 0 Å². The molecule has 4 rings (SSSR count). The molecule has 136 valence electrons. The van der Waals surface area contributed by atoms with Crippen molar-refractivity contribution in [1.82, 2.24) is 15.1 Å². The summed E-state index contributed by atoms with van der Waals surface area (Å²) >= 11 is 1.47. The topological polar surface area (TPSA) is 65.0 Å². The molecule has 0 unspecified atom stereocenters. The summed E-state index contributed by atoms with van der Waals surface area (Å²) in [6.07, 6.45) is 0.746. The summed E-state index contributed by atoms with van der Waals surface area (Å²) < 4.78 is 11.5. The van der Waals surface area contributed by atoms with Gasteiger partial charge in [0.15, 0.2) is 11.6 Å². The summed E-state index contributed by atoms with van der Waals surface area (Å²) in [5.74, 6) is 2.05. The Morgan fingerprint density at radius 1 is 0.926 bits per heavy atom. The van der Waals surface area contributed by atoms with Crippen molar-refractivity contribution >= 4 is 11.8 Å². The zero-order valence-corrected chi connectivity index (χ0v) is 15.9. The van der Waals surface area contributed by atoms with Crippen LogP contribution in [0.4, 0.5) is 0 Å². The van der Waals surface area contributed by atoms with Crippen LogP contribution in [0.1, 0.15) is 30.8 Å². The van der Waals surface area contributed by atoms with E-state index in [0.717, 1.165) is 29.0 Å². The van der Waals surface area contributed by atoms with Crippen LogP contribution in [-0.2, 0) is 6.42 Å². The van der Waals surface area contributed by atoms with Gasteiger partial charge in [-0.3, -0.25) is 0 Å². The average molecular weight is 377 g/mol. The molecule has 0 spiro atoms. The van der Waals surface area contributed by atoms with E-state index in [-0.39, 0.29) is 5.25 Å². The molecule has 2 heterocycles. The summed E-state index contributed by atoms with van der Waals surface area (Å²) in [5.41, 5.74) is 2.84. The molecular weight excluding hydrogens is 358 g/mol. The number of benzene rings is 2. The minimum atomic E-state index is -0.0521. The summed E-state index contributed by atoms with van der Waals surface area (Å²) in [6, 6.07) is 20.1. The lowest BCUT2D eigenvalue weighted by molar-refractivity contribution is 0.374. The first kappa shape index (κ1) is 17.5. The first-order valence-electron chi connectivity index (χ1n) is 8.85. The molecule has 2 aromatic heterocycles. The minimum absolute atomic E-state index is 0.0521. The zero-order valence-electron chi connectivity index (χ0n) is 15.1. The van der Waals surface area contributed by atoms with E-state index in [1.54, 1.807) is 0 Å². The van der Waals surface area contributed by atoms with Gasteiger partial charge in [-0.2, -0.15) is 4.98 Å². The largest absolute Gasteiger partial charge is 0.431 e. The van der Waals surface area contributed by atoms with Crippen molar-refractivity contribution in [2.75, 3.05) is 0 Å². The molecule has 0 amide bonds. The summed E-state index contributed by atoms with van der Waals surface area (Å²) in [7, 11) is 0. The fourth-order valence-corrected chi connectivity index (χ4v) is 3.48. The number of aryl methyl sites for hydroxylation is 1. The van der Waals surface area contributed by atoms with Gasteiger partial charge in [0, 0.05) is 17.5 Å². The maximum Gasteiger partial charge on any atom is 0.257 e. The third-order valence-corrected chi connectivity index (χ3v) is 5.05. The Labute approximate surface area is 161 Å². The SMILES string of the molecule is CCc1noc([C@H](C)Sc2nc(-c3ccccc3)c(-c3ccccc3)o2)n1. The smallest absolute Gasteiger partial charge is 0.257 e. The molecule has 0 aliphatic heterocycles. The predicted molar refractivity (Wildman–Crippen MR) is 105 cm³/mol. The monoisotopic (exact) mass is 377 g/mol. The van der Waals surface area contributed by atoms with Gasteiger partial charge < -0.3 is 8.94 Å². The number of thioether (sulfide) groups is 1. The van der Waals surface area contributed by atoms with Gasteiger partial charge in [0.1, 0.15) is 5.69 Å². The third kappa shape index (κ3) is 3.80. The summed E-state index contributed by atoms with van der Waals surface area (Å²) in [6.45, 7) is 4.00. The second kappa shape index (κ2) is 7.80. The van der Waals surface area contributed by atoms with Crippen LogP contribution < -0.4 is 0 Å². The highest BCUT2D eigenvalue weighted by Crippen LogP contribution is 2.40. The molecule has 0 aliphatic carbocycles. The molecule has 0 bridgehead atoms. The maximum atomic E-state index is 6.14. The predicted octanol–water partition coefficient (Wildman–Crippen LogP) is 5.81. The van der Waals surface area contributed by atoms with E-state index in [0.29, 0.717) is 16.9 Å². The highest BCUT2D eigenvalue weighted by molar-refractivity contribution is 7.99. The van der Waals surface area contributed by atoms with E-state index in [1.165, 1.54) is 11.8 Å². The van der Waals surface area contributed by atoms with Gasteiger partial charge in [-0.1, -0.05) is 84.5 Å². The molecule has 0 saturated heterocycles. The van der Waals surface area contributed by atoms with Crippen molar-refractivity contribution in [2.45, 2.75) is 30.7 Å². The third-order valence-electron chi connectivity index (χ3n) is 4.12. The lowest BCUT2D eigenvalue weighted by atomic mass is 10.1. The Morgan fingerprint density at radius 3 is 2.22 bits per heavy atom. The van der Waals surface area contributed by atoms with Crippen molar-refractivity contribution in [1.29, 1.82) is 0 Å². The van der Waals surface area contributed by atoms with Crippen LogP contribution in [0.2, 0.25) is 0 Å². The number of hydrogen-bond donors (Lipinski definition) is 0. The Morgan fingerprint density at radius 2 is 1.59 bits per heavy atom. The Hall–Kier alpha value is -2.86. The molecule has 1 atom stereocenters.